The first kappa shape index (κ1) is 22.5. The van der Waals surface area contributed by atoms with Gasteiger partial charge in [0.1, 0.15) is 18.5 Å². The summed E-state index contributed by atoms with van der Waals surface area (Å²) >= 11 is 0. The van der Waals surface area contributed by atoms with Gasteiger partial charge in [-0.3, -0.25) is 9.78 Å². The molecule has 1 aromatic carbocycles. The van der Waals surface area contributed by atoms with Gasteiger partial charge in [-0.15, -0.1) is 0 Å². The Morgan fingerprint density at radius 3 is 2.87 bits per heavy atom. The van der Waals surface area contributed by atoms with Crippen LogP contribution in [0.15, 0.2) is 48.7 Å². The van der Waals surface area contributed by atoms with Crippen LogP contribution in [0.1, 0.15) is 24.6 Å². The summed E-state index contributed by atoms with van der Waals surface area (Å²) < 4.78 is 17.1. The number of carbonyl (C=O) groups is 2. The maximum atomic E-state index is 12.5. The fourth-order valence-corrected chi connectivity index (χ4v) is 3.25. The topological polar surface area (TPSA) is 78.0 Å². The summed E-state index contributed by atoms with van der Waals surface area (Å²) in [6.45, 7) is 3.33. The van der Waals surface area contributed by atoms with Crippen LogP contribution in [-0.2, 0) is 20.7 Å². The van der Waals surface area contributed by atoms with Gasteiger partial charge in [0.15, 0.2) is 11.5 Å². The Labute approximate surface area is 182 Å². The number of aryl methyl sites for hydroxylation is 1. The molecule has 0 aliphatic carbocycles. The lowest BCUT2D eigenvalue weighted by atomic mass is 10.1. The standard InChI is InChI=1S/C24H28N2O5/c1-18(27)6-7-19-8-10-22(23(15-19)29-2)31-17-21-16-26(13-14-30-21)24(28)11-9-20-5-3-4-12-25-20/h3-5,8-12,15,21H,6-7,13-14,16-17H2,1-2H3. The SMILES string of the molecule is COc1cc(CCC(C)=O)ccc1OCC1CN(C(=O)C=Cc2ccccn2)CCO1. The number of Topliss-reactive ketones (excluding diaryl/α,β-unsaturated/α-hetero) is 1. The van der Waals surface area contributed by atoms with Crippen molar-refractivity contribution in [3.63, 3.8) is 0 Å². The van der Waals surface area contributed by atoms with Crippen LogP contribution in [0, 0.1) is 0 Å². The summed E-state index contributed by atoms with van der Waals surface area (Å²) in [5.74, 6) is 1.30. The highest BCUT2D eigenvalue weighted by Gasteiger charge is 2.24. The van der Waals surface area contributed by atoms with Gasteiger partial charge in [0.25, 0.3) is 0 Å². The molecule has 0 radical (unpaired) electrons. The van der Waals surface area contributed by atoms with Gasteiger partial charge in [0, 0.05) is 25.2 Å². The van der Waals surface area contributed by atoms with Crippen molar-refractivity contribution in [1.82, 2.24) is 9.88 Å². The highest BCUT2D eigenvalue weighted by molar-refractivity contribution is 5.91. The lowest BCUT2D eigenvalue weighted by molar-refractivity contribution is -0.134. The highest BCUT2D eigenvalue weighted by atomic mass is 16.5. The number of pyridine rings is 1. The van der Waals surface area contributed by atoms with Gasteiger partial charge in [-0.25, -0.2) is 0 Å². The number of hydrogen-bond acceptors (Lipinski definition) is 6. The average molecular weight is 424 g/mol. The molecule has 2 aromatic rings. The fraction of sp³-hybridized carbons (Fsp3) is 0.375. The Balaban J connectivity index is 1.54. The highest BCUT2D eigenvalue weighted by Crippen LogP contribution is 2.29. The third-order valence-electron chi connectivity index (χ3n) is 4.95. The summed E-state index contributed by atoms with van der Waals surface area (Å²) in [4.78, 5) is 29.6. The number of aromatic nitrogens is 1. The van der Waals surface area contributed by atoms with Crippen molar-refractivity contribution >= 4 is 17.8 Å². The average Bonchev–Trinajstić information content (AvgIpc) is 2.80. The molecule has 31 heavy (non-hydrogen) atoms. The minimum absolute atomic E-state index is 0.0774. The maximum Gasteiger partial charge on any atom is 0.246 e. The third kappa shape index (κ3) is 6.93. The van der Waals surface area contributed by atoms with Gasteiger partial charge < -0.3 is 23.9 Å². The first-order valence-corrected chi connectivity index (χ1v) is 10.3. The van der Waals surface area contributed by atoms with Crippen LogP contribution in [0.5, 0.6) is 11.5 Å². The molecule has 164 valence electrons. The van der Waals surface area contributed by atoms with Gasteiger partial charge in [-0.05, 0) is 49.2 Å². The number of ether oxygens (including phenoxy) is 3. The molecule has 1 fully saturated rings. The van der Waals surface area contributed by atoms with E-state index in [1.807, 2.05) is 36.4 Å². The van der Waals surface area contributed by atoms with Crippen LogP contribution in [0.25, 0.3) is 6.08 Å². The van der Waals surface area contributed by atoms with Crippen molar-refractivity contribution in [2.75, 3.05) is 33.4 Å². The summed E-state index contributed by atoms with van der Waals surface area (Å²) in [5.41, 5.74) is 1.76. The molecule has 0 spiro atoms. The zero-order chi connectivity index (χ0) is 22.1. The number of nitrogens with zero attached hydrogens (tertiary/aromatic N) is 2. The second-order valence-corrected chi connectivity index (χ2v) is 7.36. The Kier molecular flexibility index (Phi) is 8.18. The molecule has 0 saturated carbocycles. The monoisotopic (exact) mass is 424 g/mol. The van der Waals surface area contributed by atoms with Gasteiger partial charge in [-0.2, -0.15) is 0 Å². The van der Waals surface area contributed by atoms with E-state index >= 15 is 0 Å². The molecular weight excluding hydrogens is 396 g/mol. The number of morpholine rings is 1. The number of benzene rings is 1. The molecule has 1 aromatic heterocycles. The Bertz CT molecular complexity index is 913. The van der Waals surface area contributed by atoms with E-state index in [0.29, 0.717) is 50.6 Å². The second-order valence-electron chi connectivity index (χ2n) is 7.36. The van der Waals surface area contributed by atoms with E-state index in [1.165, 1.54) is 6.08 Å². The van der Waals surface area contributed by atoms with E-state index in [1.54, 1.807) is 31.2 Å². The Morgan fingerprint density at radius 1 is 1.26 bits per heavy atom. The molecule has 1 aliphatic rings. The van der Waals surface area contributed by atoms with Crippen LogP contribution in [0.4, 0.5) is 0 Å². The van der Waals surface area contributed by atoms with Gasteiger partial charge in [-0.1, -0.05) is 12.1 Å². The summed E-state index contributed by atoms with van der Waals surface area (Å²) in [5, 5.41) is 0. The summed E-state index contributed by atoms with van der Waals surface area (Å²) in [6, 6.07) is 11.2. The van der Waals surface area contributed by atoms with E-state index in [9.17, 15) is 9.59 Å². The van der Waals surface area contributed by atoms with Gasteiger partial charge in [0.2, 0.25) is 5.91 Å². The van der Waals surface area contributed by atoms with Crippen molar-refractivity contribution in [1.29, 1.82) is 0 Å². The lowest BCUT2D eigenvalue weighted by Crippen LogP contribution is -2.47. The maximum absolute atomic E-state index is 12.5. The zero-order valence-electron chi connectivity index (χ0n) is 18.0. The van der Waals surface area contributed by atoms with E-state index in [4.69, 9.17) is 14.2 Å². The lowest BCUT2D eigenvalue weighted by Gasteiger charge is -2.32. The molecule has 7 heteroatoms. The zero-order valence-corrected chi connectivity index (χ0v) is 18.0. The van der Waals surface area contributed by atoms with E-state index in [2.05, 4.69) is 4.98 Å². The third-order valence-corrected chi connectivity index (χ3v) is 4.95. The molecule has 0 N–H and O–H groups in total. The van der Waals surface area contributed by atoms with Crippen LogP contribution >= 0.6 is 0 Å². The number of methoxy groups -OCH3 is 1. The van der Waals surface area contributed by atoms with Crippen LogP contribution in [0.3, 0.4) is 0 Å². The van der Waals surface area contributed by atoms with E-state index < -0.39 is 0 Å². The smallest absolute Gasteiger partial charge is 0.246 e. The summed E-state index contributed by atoms with van der Waals surface area (Å²) in [7, 11) is 1.59. The molecule has 1 aliphatic heterocycles. The summed E-state index contributed by atoms with van der Waals surface area (Å²) in [6.07, 6.45) is 5.87. The molecule has 2 heterocycles. The van der Waals surface area contributed by atoms with Crippen molar-refractivity contribution in [3.8, 4) is 11.5 Å². The quantitative estimate of drug-likeness (QED) is 0.576. The first-order chi connectivity index (χ1) is 15.0. The molecule has 1 amide bonds. The first-order valence-electron chi connectivity index (χ1n) is 10.3. The molecule has 3 rings (SSSR count). The van der Waals surface area contributed by atoms with Crippen molar-refractivity contribution in [2.45, 2.75) is 25.9 Å². The predicted molar refractivity (Wildman–Crippen MR) is 117 cm³/mol. The Hall–Kier alpha value is -3.19. The number of hydrogen-bond donors (Lipinski definition) is 0. The van der Waals surface area contributed by atoms with Gasteiger partial charge in [0.05, 0.1) is 26.0 Å². The molecule has 7 nitrogen and oxygen atoms in total. The minimum Gasteiger partial charge on any atom is -0.493 e. The van der Waals surface area contributed by atoms with Crippen LogP contribution in [-0.4, -0.2) is 61.1 Å². The predicted octanol–water partition coefficient (Wildman–Crippen LogP) is 2.93. The van der Waals surface area contributed by atoms with Gasteiger partial charge >= 0.3 is 0 Å². The molecule has 1 unspecified atom stereocenters. The van der Waals surface area contributed by atoms with Crippen molar-refractivity contribution < 1.29 is 23.8 Å². The van der Waals surface area contributed by atoms with E-state index in [-0.39, 0.29) is 17.8 Å². The molecule has 0 bridgehead atoms. The number of ketones is 1. The Morgan fingerprint density at radius 2 is 2.13 bits per heavy atom. The normalized spacial score (nSPS) is 16.3. The molecule has 1 saturated heterocycles. The largest absolute Gasteiger partial charge is 0.493 e. The fourth-order valence-electron chi connectivity index (χ4n) is 3.25. The number of rotatable bonds is 9. The van der Waals surface area contributed by atoms with Crippen molar-refractivity contribution in [2.24, 2.45) is 0 Å². The molecule has 1 atom stereocenters. The van der Waals surface area contributed by atoms with E-state index in [0.717, 1.165) is 11.3 Å². The number of carbonyl (C=O) groups excluding carboxylic acids is 2. The minimum atomic E-state index is -0.233. The van der Waals surface area contributed by atoms with Crippen molar-refractivity contribution in [3.05, 3.63) is 59.9 Å². The van der Waals surface area contributed by atoms with Crippen LogP contribution < -0.4 is 9.47 Å². The second kappa shape index (κ2) is 11.3. The van der Waals surface area contributed by atoms with Crippen LogP contribution in [0.2, 0.25) is 0 Å². The molecular formula is C24H28N2O5. The number of amides is 1.